The van der Waals surface area contributed by atoms with Crippen LogP contribution in [0.3, 0.4) is 0 Å². The van der Waals surface area contributed by atoms with E-state index in [1.54, 1.807) is 19.2 Å². The van der Waals surface area contributed by atoms with E-state index in [2.05, 4.69) is 48.0 Å². The summed E-state index contributed by atoms with van der Waals surface area (Å²) < 4.78 is 6.92. The molecule has 0 aliphatic heterocycles. The van der Waals surface area contributed by atoms with Crippen molar-refractivity contribution in [1.29, 1.82) is 0 Å². The number of fused-ring (bicyclic) bond motifs is 1. The van der Waals surface area contributed by atoms with Crippen molar-refractivity contribution in [2.24, 2.45) is 27.2 Å². The molecule has 1 aromatic heterocycles. The highest BCUT2D eigenvalue weighted by molar-refractivity contribution is 5.95. The predicted molar refractivity (Wildman–Crippen MR) is 141 cm³/mol. The zero-order valence-electron chi connectivity index (χ0n) is 21.6. The van der Waals surface area contributed by atoms with Crippen LogP contribution in [0.1, 0.15) is 33.3 Å². The first kappa shape index (κ1) is 26.9. The standard InChI is InChI=1S/C27H35N5O4/c1-19(2)15-31(16-20(3)4)18-32-24-9-7-6-8-23(24)26(27(32)34)30-29-25(33)17-36-28-14-21-10-12-22(35-5)13-11-21/h6-14,19-20,34H,15-18H2,1-5H3. The molecule has 0 aliphatic carbocycles. The zero-order valence-corrected chi connectivity index (χ0v) is 21.6. The Kier molecular flexibility index (Phi) is 9.58. The highest BCUT2D eigenvalue weighted by Crippen LogP contribution is 2.39. The van der Waals surface area contributed by atoms with Gasteiger partial charge in [-0.15, -0.1) is 10.2 Å². The van der Waals surface area contributed by atoms with Crippen LogP contribution >= 0.6 is 0 Å². The van der Waals surface area contributed by atoms with Gasteiger partial charge in [-0.2, -0.15) is 0 Å². The quantitative estimate of drug-likeness (QED) is 0.201. The molecule has 0 radical (unpaired) electrons. The Bertz CT molecular complexity index is 1190. The van der Waals surface area contributed by atoms with Gasteiger partial charge in [0, 0.05) is 18.5 Å². The molecule has 0 unspecified atom stereocenters. The maximum Gasteiger partial charge on any atom is 0.304 e. The van der Waals surface area contributed by atoms with Crippen molar-refractivity contribution in [3.05, 3.63) is 54.1 Å². The van der Waals surface area contributed by atoms with Gasteiger partial charge in [0.2, 0.25) is 5.88 Å². The number of carbonyl (C=O) groups is 1. The van der Waals surface area contributed by atoms with Crippen molar-refractivity contribution >= 4 is 28.7 Å². The summed E-state index contributed by atoms with van der Waals surface area (Å²) in [5.41, 5.74) is 1.88. The number of hydrogen-bond donors (Lipinski definition) is 1. The van der Waals surface area contributed by atoms with Crippen molar-refractivity contribution in [2.75, 3.05) is 26.8 Å². The molecule has 192 valence electrons. The van der Waals surface area contributed by atoms with Gasteiger partial charge >= 0.3 is 5.91 Å². The fourth-order valence-corrected chi connectivity index (χ4v) is 3.95. The summed E-state index contributed by atoms with van der Waals surface area (Å²) in [4.78, 5) is 19.6. The van der Waals surface area contributed by atoms with Gasteiger partial charge in [0.1, 0.15) is 5.75 Å². The largest absolute Gasteiger partial charge is 0.497 e. The highest BCUT2D eigenvalue weighted by Gasteiger charge is 2.19. The van der Waals surface area contributed by atoms with Crippen LogP contribution in [0.4, 0.5) is 5.69 Å². The van der Waals surface area contributed by atoms with Crippen LogP contribution in [0, 0.1) is 11.8 Å². The van der Waals surface area contributed by atoms with E-state index in [-0.39, 0.29) is 18.2 Å². The SMILES string of the molecule is COc1ccc(C=NOCC(=O)N=Nc2c(O)n(CN(CC(C)C)CC(C)C)c3ccccc23)cc1. The van der Waals surface area contributed by atoms with E-state index >= 15 is 0 Å². The molecule has 9 nitrogen and oxygen atoms in total. The van der Waals surface area contributed by atoms with Crippen LogP contribution in [0.25, 0.3) is 10.9 Å². The van der Waals surface area contributed by atoms with Crippen LogP contribution in [0.2, 0.25) is 0 Å². The van der Waals surface area contributed by atoms with E-state index in [1.165, 1.54) is 6.21 Å². The summed E-state index contributed by atoms with van der Waals surface area (Å²) in [6.45, 7) is 10.6. The number of hydrogen-bond acceptors (Lipinski definition) is 7. The average Bonchev–Trinajstić information content (AvgIpc) is 3.10. The molecular formula is C27H35N5O4. The number of rotatable bonds is 12. The molecule has 0 saturated carbocycles. The molecule has 0 fully saturated rings. The fraction of sp³-hybridized carbons (Fsp3) is 0.407. The number of aromatic hydroxyl groups is 1. The van der Waals surface area contributed by atoms with Gasteiger partial charge in [0.25, 0.3) is 0 Å². The summed E-state index contributed by atoms with van der Waals surface area (Å²) in [6, 6.07) is 14.8. The lowest BCUT2D eigenvalue weighted by atomic mass is 10.1. The van der Waals surface area contributed by atoms with Crippen molar-refractivity contribution in [3.63, 3.8) is 0 Å². The summed E-state index contributed by atoms with van der Waals surface area (Å²) in [5, 5.41) is 23.4. The van der Waals surface area contributed by atoms with Gasteiger partial charge in [0.05, 0.1) is 25.5 Å². The van der Waals surface area contributed by atoms with E-state index in [9.17, 15) is 9.90 Å². The Hall–Kier alpha value is -3.72. The molecule has 1 N–H and O–H groups in total. The average molecular weight is 494 g/mol. The van der Waals surface area contributed by atoms with E-state index in [0.717, 1.165) is 35.3 Å². The van der Waals surface area contributed by atoms with Gasteiger partial charge in [-0.1, -0.05) is 51.0 Å². The first-order valence-corrected chi connectivity index (χ1v) is 12.0. The van der Waals surface area contributed by atoms with Crippen LogP contribution in [0.5, 0.6) is 11.6 Å². The predicted octanol–water partition coefficient (Wildman–Crippen LogP) is 5.59. The Balaban J connectivity index is 1.71. The lowest BCUT2D eigenvalue weighted by Crippen LogP contribution is -2.33. The molecular weight excluding hydrogens is 458 g/mol. The molecule has 36 heavy (non-hydrogen) atoms. The number of oxime groups is 1. The molecule has 0 bridgehead atoms. The Morgan fingerprint density at radius 1 is 1.06 bits per heavy atom. The minimum Gasteiger partial charge on any atom is -0.497 e. The molecule has 0 spiro atoms. The summed E-state index contributed by atoms with van der Waals surface area (Å²) in [7, 11) is 1.60. The van der Waals surface area contributed by atoms with Gasteiger partial charge in [-0.25, -0.2) is 0 Å². The van der Waals surface area contributed by atoms with Crippen LogP contribution in [-0.2, 0) is 16.3 Å². The summed E-state index contributed by atoms with van der Waals surface area (Å²) >= 11 is 0. The van der Waals surface area contributed by atoms with Crippen molar-refractivity contribution in [3.8, 4) is 11.6 Å². The summed E-state index contributed by atoms with van der Waals surface area (Å²) in [5.74, 6) is 1.07. The maximum absolute atomic E-state index is 12.2. The van der Waals surface area contributed by atoms with E-state index in [4.69, 9.17) is 9.57 Å². The molecule has 0 atom stereocenters. The van der Waals surface area contributed by atoms with Gasteiger partial charge in [-0.3, -0.25) is 14.3 Å². The number of ether oxygens (including phenoxy) is 1. The molecule has 1 amide bonds. The van der Waals surface area contributed by atoms with Crippen LogP contribution in [-0.4, -0.2) is 53.5 Å². The molecule has 0 aliphatic rings. The lowest BCUT2D eigenvalue weighted by Gasteiger charge is -2.27. The normalized spacial score (nSPS) is 12.1. The Labute approximate surface area is 212 Å². The van der Waals surface area contributed by atoms with Gasteiger partial charge in [-0.05, 0) is 47.7 Å². The van der Waals surface area contributed by atoms with E-state index in [1.807, 2.05) is 41.0 Å². The number of azo groups is 1. The van der Waals surface area contributed by atoms with Gasteiger partial charge in [0.15, 0.2) is 12.3 Å². The van der Waals surface area contributed by atoms with Gasteiger partial charge < -0.3 is 14.7 Å². The third-order valence-electron chi connectivity index (χ3n) is 5.35. The molecule has 3 rings (SSSR count). The minimum atomic E-state index is -0.612. The van der Waals surface area contributed by atoms with Crippen molar-refractivity contribution in [1.82, 2.24) is 9.47 Å². The number of aromatic nitrogens is 1. The number of methoxy groups -OCH3 is 1. The fourth-order valence-electron chi connectivity index (χ4n) is 3.95. The minimum absolute atomic E-state index is 0.0243. The van der Waals surface area contributed by atoms with Crippen molar-refractivity contribution < 1.29 is 19.5 Å². The van der Waals surface area contributed by atoms with Crippen molar-refractivity contribution in [2.45, 2.75) is 34.4 Å². The number of nitrogens with zero attached hydrogens (tertiary/aromatic N) is 5. The lowest BCUT2D eigenvalue weighted by molar-refractivity contribution is -0.122. The molecule has 0 saturated heterocycles. The third kappa shape index (κ3) is 7.39. The maximum atomic E-state index is 12.2. The Morgan fingerprint density at radius 2 is 1.72 bits per heavy atom. The second kappa shape index (κ2) is 12.8. The Morgan fingerprint density at radius 3 is 2.36 bits per heavy atom. The third-order valence-corrected chi connectivity index (χ3v) is 5.35. The smallest absolute Gasteiger partial charge is 0.304 e. The van der Waals surface area contributed by atoms with E-state index in [0.29, 0.717) is 18.5 Å². The number of carbonyl (C=O) groups excluding carboxylic acids is 1. The number of para-hydroxylation sites is 1. The first-order chi connectivity index (χ1) is 17.3. The van der Waals surface area contributed by atoms with Crippen LogP contribution < -0.4 is 4.74 Å². The highest BCUT2D eigenvalue weighted by atomic mass is 16.6. The number of amides is 1. The summed E-state index contributed by atoms with van der Waals surface area (Å²) in [6.07, 6.45) is 1.49. The second-order valence-corrected chi connectivity index (χ2v) is 9.46. The topological polar surface area (TPSA) is 101 Å². The molecule has 2 aromatic carbocycles. The number of benzene rings is 2. The second-order valence-electron chi connectivity index (χ2n) is 9.46. The first-order valence-electron chi connectivity index (χ1n) is 12.0. The van der Waals surface area contributed by atoms with Crippen LogP contribution in [0.15, 0.2) is 63.9 Å². The molecule has 3 aromatic rings. The zero-order chi connectivity index (χ0) is 26.1. The monoisotopic (exact) mass is 493 g/mol. The molecule has 1 heterocycles. The molecule has 9 heteroatoms. The van der Waals surface area contributed by atoms with E-state index < -0.39 is 5.91 Å².